The van der Waals surface area contributed by atoms with Crippen LogP contribution in [-0.4, -0.2) is 59.6 Å². The standard InChI is InChI=1S/C15H19F3N6O/c16-15(17,18)13-3-12(9(4-19)5-21-10-6-20-7-10)22-14(23-13)24-2-1-11(24)8-25/h3-5,10-11,20,25H,1-2,6-8,19H2/t11-/m1/s1. The second kappa shape index (κ2) is 6.96. The maximum Gasteiger partial charge on any atom is 0.433 e. The minimum Gasteiger partial charge on any atom is -0.404 e. The van der Waals surface area contributed by atoms with Crippen LogP contribution in [0.25, 0.3) is 5.57 Å². The number of aliphatic imine (C=N–C) groups is 1. The zero-order chi connectivity index (χ0) is 18.0. The Kier molecular flexibility index (Phi) is 4.91. The molecule has 3 heterocycles. The molecule has 25 heavy (non-hydrogen) atoms. The SMILES string of the molecule is NC=C(C=NC1CNC1)c1cc(C(F)(F)F)nc(N2CC[C@@H]2CO)n1. The van der Waals surface area contributed by atoms with Crippen molar-refractivity contribution in [2.24, 2.45) is 10.7 Å². The summed E-state index contributed by atoms with van der Waals surface area (Å²) in [5, 5.41) is 12.3. The maximum absolute atomic E-state index is 13.2. The van der Waals surface area contributed by atoms with Crippen LogP contribution in [-0.2, 0) is 6.18 Å². The van der Waals surface area contributed by atoms with Gasteiger partial charge in [-0.1, -0.05) is 0 Å². The van der Waals surface area contributed by atoms with Gasteiger partial charge in [0.15, 0.2) is 5.69 Å². The van der Waals surface area contributed by atoms with Crippen LogP contribution in [0.5, 0.6) is 0 Å². The van der Waals surface area contributed by atoms with Crippen molar-refractivity contribution in [1.82, 2.24) is 15.3 Å². The van der Waals surface area contributed by atoms with E-state index < -0.39 is 11.9 Å². The van der Waals surface area contributed by atoms with Gasteiger partial charge in [-0.15, -0.1) is 0 Å². The van der Waals surface area contributed by atoms with Gasteiger partial charge in [0.1, 0.15) is 0 Å². The van der Waals surface area contributed by atoms with E-state index in [1.165, 1.54) is 12.4 Å². The van der Waals surface area contributed by atoms with E-state index in [9.17, 15) is 18.3 Å². The summed E-state index contributed by atoms with van der Waals surface area (Å²) in [6.07, 6.45) is -1.30. The van der Waals surface area contributed by atoms with Crippen molar-refractivity contribution in [3.8, 4) is 0 Å². The Morgan fingerprint density at radius 1 is 1.44 bits per heavy atom. The number of nitrogens with zero attached hydrogens (tertiary/aromatic N) is 4. The first-order valence-corrected chi connectivity index (χ1v) is 7.92. The van der Waals surface area contributed by atoms with Crippen LogP contribution in [0.4, 0.5) is 19.1 Å². The zero-order valence-corrected chi connectivity index (χ0v) is 13.4. The molecule has 2 fully saturated rings. The van der Waals surface area contributed by atoms with Crippen molar-refractivity contribution in [1.29, 1.82) is 0 Å². The fourth-order valence-corrected chi connectivity index (χ4v) is 2.51. The number of halogens is 3. The minimum atomic E-state index is -4.61. The molecule has 0 saturated carbocycles. The monoisotopic (exact) mass is 356 g/mol. The van der Waals surface area contributed by atoms with Crippen molar-refractivity contribution in [2.75, 3.05) is 31.1 Å². The molecule has 0 aliphatic carbocycles. The van der Waals surface area contributed by atoms with Gasteiger partial charge >= 0.3 is 6.18 Å². The van der Waals surface area contributed by atoms with E-state index in [2.05, 4.69) is 20.3 Å². The molecule has 0 aromatic carbocycles. The molecule has 0 amide bonds. The first kappa shape index (κ1) is 17.6. The number of anilines is 1. The van der Waals surface area contributed by atoms with Crippen LogP contribution in [0, 0.1) is 0 Å². The van der Waals surface area contributed by atoms with Crippen molar-refractivity contribution in [3.63, 3.8) is 0 Å². The summed E-state index contributed by atoms with van der Waals surface area (Å²) >= 11 is 0. The van der Waals surface area contributed by atoms with Crippen LogP contribution in [0.15, 0.2) is 17.3 Å². The van der Waals surface area contributed by atoms with Gasteiger partial charge in [0.25, 0.3) is 0 Å². The van der Waals surface area contributed by atoms with Gasteiger partial charge < -0.3 is 21.1 Å². The number of allylic oxidation sites excluding steroid dienone is 1. The molecule has 0 bridgehead atoms. The number of hydrogen-bond acceptors (Lipinski definition) is 7. The number of nitrogens with one attached hydrogen (secondary N) is 1. The normalized spacial score (nSPS) is 22.2. The fourth-order valence-electron chi connectivity index (χ4n) is 2.51. The Hall–Kier alpha value is -2.20. The highest BCUT2D eigenvalue weighted by molar-refractivity contribution is 6.09. The Balaban J connectivity index is 1.95. The zero-order valence-electron chi connectivity index (χ0n) is 13.4. The Morgan fingerprint density at radius 3 is 2.68 bits per heavy atom. The van der Waals surface area contributed by atoms with E-state index in [0.717, 1.165) is 19.2 Å². The summed E-state index contributed by atoms with van der Waals surface area (Å²) in [4.78, 5) is 13.7. The average molecular weight is 356 g/mol. The van der Waals surface area contributed by atoms with Gasteiger partial charge in [0.2, 0.25) is 5.95 Å². The Morgan fingerprint density at radius 2 is 2.20 bits per heavy atom. The highest BCUT2D eigenvalue weighted by Gasteiger charge is 2.36. The second-order valence-electron chi connectivity index (χ2n) is 5.97. The molecular weight excluding hydrogens is 337 g/mol. The molecule has 1 atom stereocenters. The largest absolute Gasteiger partial charge is 0.433 e. The third-order valence-electron chi connectivity index (χ3n) is 4.28. The molecule has 136 valence electrons. The molecule has 3 rings (SSSR count). The van der Waals surface area contributed by atoms with E-state index >= 15 is 0 Å². The lowest BCUT2D eigenvalue weighted by Gasteiger charge is -2.40. The number of hydrogen-bond donors (Lipinski definition) is 3. The molecule has 1 aromatic heterocycles. The number of aliphatic hydroxyl groups is 1. The van der Waals surface area contributed by atoms with Gasteiger partial charge in [-0.05, 0) is 12.5 Å². The molecule has 0 unspecified atom stereocenters. The maximum atomic E-state index is 13.2. The summed E-state index contributed by atoms with van der Waals surface area (Å²) in [6.45, 7) is 1.78. The molecule has 10 heteroatoms. The predicted octanol–water partition coefficient (Wildman–Crippen LogP) is 0.409. The van der Waals surface area contributed by atoms with Gasteiger partial charge in [0.05, 0.1) is 24.4 Å². The highest BCUT2D eigenvalue weighted by atomic mass is 19.4. The first-order chi connectivity index (χ1) is 11.9. The molecule has 7 nitrogen and oxygen atoms in total. The lowest BCUT2D eigenvalue weighted by atomic mass is 10.1. The third kappa shape index (κ3) is 3.74. The summed E-state index contributed by atoms with van der Waals surface area (Å²) in [5.74, 6) is -0.0619. The smallest absolute Gasteiger partial charge is 0.404 e. The lowest BCUT2D eigenvalue weighted by molar-refractivity contribution is -0.141. The molecule has 2 aliphatic heterocycles. The molecule has 0 radical (unpaired) electrons. The van der Waals surface area contributed by atoms with Crippen LogP contribution in [0.1, 0.15) is 17.8 Å². The van der Waals surface area contributed by atoms with E-state index in [-0.39, 0.29) is 30.3 Å². The number of alkyl halides is 3. The summed E-state index contributed by atoms with van der Waals surface area (Å²) in [5.41, 5.74) is 4.87. The van der Waals surface area contributed by atoms with Crippen LogP contribution in [0.3, 0.4) is 0 Å². The number of aliphatic hydroxyl groups excluding tert-OH is 1. The average Bonchev–Trinajstić information content (AvgIpc) is 2.48. The first-order valence-electron chi connectivity index (χ1n) is 7.92. The molecular formula is C15H19F3N6O. The van der Waals surface area contributed by atoms with Crippen LogP contribution >= 0.6 is 0 Å². The quantitative estimate of drug-likeness (QED) is 0.661. The van der Waals surface area contributed by atoms with Gasteiger partial charge in [-0.2, -0.15) is 13.2 Å². The van der Waals surface area contributed by atoms with Gasteiger partial charge in [-0.3, -0.25) is 4.99 Å². The predicted molar refractivity (Wildman–Crippen MR) is 87.2 cm³/mol. The van der Waals surface area contributed by atoms with Crippen molar-refractivity contribution in [3.05, 3.63) is 23.7 Å². The number of aromatic nitrogens is 2. The molecule has 2 saturated heterocycles. The number of nitrogens with two attached hydrogens (primary N) is 1. The van der Waals surface area contributed by atoms with Crippen molar-refractivity contribution >= 4 is 17.7 Å². The Labute approximate surface area is 142 Å². The van der Waals surface area contributed by atoms with E-state index in [1.807, 2.05) is 0 Å². The van der Waals surface area contributed by atoms with Crippen LogP contribution in [0.2, 0.25) is 0 Å². The molecule has 1 aromatic rings. The summed E-state index contributed by atoms with van der Waals surface area (Å²) < 4.78 is 39.6. The number of rotatable bonds is 5. The second-order valence-corrected chi connectivity index (χ2v) is 5.97. The fraction of sp³-hybridized carbons (Fsp3) is 0.533. The summed E-state index contributed by atoms with van der Waals surface area (Å²) in [7, 11) is 0. The third-order valence-corrected chi connectivity index (χ3v) is 4.28. The van der Waals surface area contributed by atoms with E-state index in [0.29, 0.717) is 18.5 Å². The summed E-state index contributed by atoms with van der Waals surface area (Å²) in [6, 6.07) is 0.685. The van der Waals surface area contributed by atoms with Crippen molar-refractivity contribution < 1.29 is 18.3 Å². The van der Waals surface area contributed by atoms with E-state index in [4.69, 9.17) is 5.73 Å². The van der Waals surface area contributed by atoms with E-state index in [1.54, 1.807) is 4.90 Å². The molecule has 0 spiro atoms. The van der Waals surface area contributed by atoms with Gasteiger partial charge in [0, 0.05) is 37.6 Å². The van der Waals surface area contributed by atoms with Crippen LogP contribution < -0.4 is 16.0 Å². The Bertz CT molecular complexity index is 684. The molecule has 2 aliphatic rings. The lowest BCUT2D eigenvalue weighted by Crippen LogP contribution is -2.51. The van der Waals surface area contributed by atoms with Gasteiger partial charge in [-0.25, -0.2) is 9.97 Å². The van der Waals surface area contributed by atoms with Crippen molar-refractivity contribution in [2.45, 2.75) is 24.7 Å². The highest BCUT2D eigenvalue weighted by Crippen LogP contribution is 2.32. The minimum absolute atomic E-state index is 0.0550. The topological polar surface area (TPSA) is 99.7 Å². The molecule has 4 N–H and O–H groups in total.